The van der Waals surface area contributed by atoms with Gasteiger partial charge in [0.15, 0.2) is 0 Å². The molecule has 4 heteroatoms. The Labute approximate surface area is 120 Å². The summed E-state index contributed by atoms with van der Waals surface area (Å²) in [4.78, 5) is 18.8. The first-order valence-corrected chi connectivity index (χ1v) is 7.56. The zero-order valence-electron chi connectivity index (χ0n) is 12.1. The predicted octanol–water partition coefficient (Wildman–Crippen LogP) is 1.82. The second kappa shape index (κ2) is 5.52. The van der Waals surface area contributed by atoms with E-state index in [1.165, 1.54) is 18.4 Å². The molecule has 2 aliphatic rings. The summed E-state index contributed by atoms with van der Waals surface area (Å²) in [5.41, 5.74) is 1.49. The highest BCUT2D eigenvalue weighted by Gasteiger charge is 2.49. The normalized spacial score (nSPS) is 29.9. The highest BCUT2D eigenvalue weighted by Crippen LogP contribution is 2.49. The number of hydrogen-bond donors (Lipinski definition) is 1. The molecule has 1 aliphatic carbocycles. The molecule has 3 rings (SSSR count). The molecular weight excluding hydrogens is 250 g/mol. The van der Waals surface area contributed by atoms with Crippen LogP contribution in [0, 0.1) is 11.3 Å². The Kier molecular flexibility index (Phi) is 3.74. The summed E-state index contributed by atoms with van der Waals surface area (Å²) >= 11 is 0. The monoisotopic (exact) mass is 273 g/mol. The standard InChI is InChI=1S/C16H23N3O/c1-17-15(20)14-5-2-6-16(14)7-9-19(12-16)11-13-4-3-8-18-10-13/h3-4,8,10,14H,2,5-7,9,11-12H2,1H3,(H,17,20)/t14-,16-/m1/s1. The van der Waals surface area contributed by atoms with E-state index in [4.69, 9.17) is 0 Å². The molecule has 108 valence electrons. The van der Waals surface area contributed by atoms with Crippen LogP contribution < -0.4 is 5.32 Å². The number of carbonyl (C=O) groups excluding carboxylic acids is 1. The zero-order valence-corrected chi connectivity index (χ0v) is 12.1. The molecule has 1 saturated carbocycles. The number of nitrogens with zero attached hydrogens (tertiary/aromatic N) is 2. The van der Waals surface area contributed by atoms with Gasteiger partial charge in [0.1, 0.15) is 0 Å². The minimum atomic E-state index is 0.214. The molecule has 0 bridgehead atoms. The smallest absolute Gasteiger partial charge is 0.223 e. The van der Waals surface area contributed by atoms with E-state index in [1.54, 1.807) is 7.05 Å². The fourth-order valence-corrected chi connectivity index (χ4v) is 4.08. The van der Waals surface area contributed by atoms with Crippen LogP contribution in [0.15, 0.2) is 24.5 Å². The van der Waals surface area contributed by atoms with Gasteiger partial charge in [0.2, 0.25) is 5.91 Å². The van der Waals surface area contributed by atoms with E-state index in [-0.39, 0.29) is 17.2 Å². The first-order chi connectivity index (χ1) is 9.73. The van der Waals surface area contributed by atoms with Crippen molar-refractivity contribution in [3.63, 3.8) is 0 Å². The van der Waals surface area contributed by atoms with Crippen molar-refractivity contribution in [3.8, 4) is 0 Å². The second-order valence-electron chi connectivity index (χ2n) is 6.24. The number of likely N-dealkylation sites (tertiary alicyclic amines) is 1. The lowest BCUT2D eigenvalue weighted by Crippen LogP contribution is -2.39. The molecule has 2 fully saturated rings. The van der Waals surface area contributed by atoms with Crippen molar-refractivity contribution in [2.75, 3.05) is 20.1 Å². The summed E-state index contributed by atoms with van der Waals surface area (Å²) in [6.45, 7) is 3.11. The zero-order chi connectivity index (χ0) is 14.0. The van der Waals surface area contributed by atoms with Crippen LogP contribution in [0.25, 0.3) is 0 Å². The van der Waals surface area contributed by atoms with Gasteiger partial charge in [0.05, 0.1) is 0 Å². The average Bonchev–Trinajstić information content (AvgIpc) is 3.07. The Balaban J connectivity index is 1.68. The topological polar surface area (TPSA) is 45.2 Å². The third kappa shape index (κ3) is 2.44. The molecule has 1 aromatic heterocycles. The highest BCUT2D eigenvalue weighted by molar-refractivity contribution is 5.79. The summed E-state index contributed by atoms with van der Waals surface area (Å²) in [6.07, 6.45) is 8.36. The maximum absolute atomic E-state index is 12.1. The number of nitrogens with one attached hydrogen (secondary N) is 1. The molecule has 20 heavy (non-hydrogen) atoms. The largest absolute Gasteiger partial charge is 0.359 e. The SMILES string of the molecule is CNC(=O)[C@H]1CCC[C@]12CCN(Cc1cccnc1)C2. The molecule has 2 heterocycles. The number of pyridine rings is 1. The van der Waals surface area contributed by atoms with Crippen LogP contribution in [0.3, 0.4) is 0 Å². The highest BCUT2D eigenvalue weighted by atomic mass is 16.1. The van der Waals surface area contributed by atoms with Gasteiger partial charge in [-0.05, 0) is 42.9 Å². The van der Waals surface area contributed by atoms with Crippen molar-refractivity contribution in [2.24, 2.45) is 11.3 Å². The van der Waals surface area contributed by atoms with Crippen molar-refractivity contribution < 1.29 is 4.79 Å². The van der Waals surface area contributed by atoms with Crippen molar-refractivity contribution in [1.82, 2.24) is 15.2 Å². The lowest BCUT2D eigenvalue weighted by atomic mass is 9.76. The van der Waals surface area contributed by atoms with Gasteiger partial charge in [-0.3, -0.25) is 14.7 Å². The quantitative estimate of drug-likeness (QED) is 0.913. The first kappa shape index (κ1) is 13.6. The Morgan fingerprint density at radius 3 is 3.20 bits per heavy atom. The Morgan fingerprint density at radius 1 is 1.55 bits per heavy atom. The number of rotatable bonds is 3. The molecule has 1 spiro atoms. The van der Waals surface area contributed by atoms with Crippen LogP contribution in [0.5, 0.6) is 0 Å². The maximum Gasteiger partial charge on any atom is 0.223 e. The number of amides is 1. The van der Waals surface area contributed by atoms with Gasteiger partial charge >= 0.3 is 0 Å². The molecule has 1 aliphatic heterocycles. The van der Waals surface area contributed by atoms with Crippen molar-refractivity contribution >= 4 is 5.91 Å². The maximum atomic E-state index is 12.1. The van der Waals surface area contributed by atoms with Crippen molar-refractivity contribution in [2.45, 2.75) is 32.2 Å². The van der Waals surface area contributed by atoms with Crippen LogP contribution in [0.4, 0.5) is 0 Å². The van der Waals surface area contributed by atoms with Crippen LogP contribution in [-0.4, -0.2) is 35.9 Å². The third-order valence-corrected chi connectivity index (χ3v) is 5.06. The molecule has 1 N–H and O–H groups in total. The van der Waals surface area contributed by atoms with Gasteiger partial charge in [-0.1, -0.05) is 12.5 Å². The fourth-order valence-electron chi connectivity index (χ4n) is 4.08. The Bertz CT molecular complexity index is 476. The number of hydrogen-bond acceptors (Lipinski definition) is 3. The lowest BCUT2D eigenvalue weighted by Gasteiger charge is -2.30. The molecule has 0 unspecified atom stereocenters. The molecule has 1 amide bonds. The van der Waals surface area contributed by atoms with Gasteiger partial charge in [-0.15, -0.1) is 0 Å². The van der Waals surface area contributed by atoms with E-state index in [1.807, 2.05) is 18.5 Å². The predicted molar refractivity (Wildman–Crippen MR) is 78.0 cm³/mol. The van der Waals surface area contributed by atoms with Crippen LogP contribution in [0.2, 0.25) is 0 Å². The van der Waals surface area contributed by atoms with E-state index < -0.39 is 0 Å². The molecule has 2 atom stereocenters. The number of carbonyl (C=O) groups is 1. The fraction of sp³-hybridized carbons (Fsp3) is 0.625. The van der Waals surface area contributed by atoms with Crippen LogP contribution >= 0.6 is 0 Å². The molecule has 0 radical (unpaired) electrons. The first-order valence-electron chi connectivity index (χ1n) is 7.56. The Hall–Kier alpha value is -1.42. The third-order valence-electron chi connectivity index (χ3n) is 5.06. The molecule has 4 nitrogen and oxygen atoms in total. The minimum absolute atomic E-state index is 0.214. The summed E-state index contributed by atoms with van der Waals surface area (Å²) < 4.78 is 0. The van der Waals surface area contributed by atoms with Gasteiger partial charge in [0.25, 0.3) is 0 Å². The summed E-state index contributed by atoms with van der Waals surface area (Å²) in [5.74, 6) is 0.456. The summed E-state index contributed by atoms with van der Waals surface area (Å²) in [6, 6.07) is 4.12. The van der Waals surface area contributed by atoms with Gasteiger partial charge in [-0.2, -0.15) is 0 Å². The van der Waals surface area contributed by atoms with E-state index in [2.05, 4.69) is 21.3 Å². The summed E-state index contributed by atoms with van der Waals surface area (Å²) in [5, 5.41) is 2.86. The van der Waals surface area contributed by atoms with Crippen molar-refractivity contribution in [3.05, 3.63) is 30.1 Å². The second-order valence-corrected chi connectivity index (χ2v) is 6.24. The van der Waals surface area contributed by atoms with Gasteiger partial charge < -0.3 is 5.32 Å². The lowest BCUT2D eigenvalue weighted by molar-refractivity contribution is -0.127. The molecule has 1 saturated heterocycles. The van der Waals surface area contributed by atoms with E-state index in [9.17, 15) is 4.79 Å². The minimum Gasteiger partial charge on any atom is -0.359 e. The van der Waals surface area contributed by atoms with E-state index in [0.29, 0.717) is 0 Å². The molecular formula is C16H23N3O. The Morgan fingerprint density at radius 2 is 2.45 bits per heavy atom. The van der Waals surface area contributed by atoms with E-state index in [0.717, 1.165) is 32.5 Å². The molecule has 0 aromatic carbocycles. The summed E-state index contributed by atoms with van der Waals surface area (Å²) in [7, 11) is 1.76. The number of aromatic nitrogens is 1. The van der Waals surface area contributed by atoms with Crippen LogP contribution in [0.1, 0.15) is 31.2 Å². The average molecular weight is 273 g/mol. The van der Waals surface area contributed by atoms with E-state index >= 15 is 0 Å². The van der Waals surface area contributed by atoms with Gasteiger partial charge in [0, 0.05) is 38.4 Å². The van der Waals surface area contributed by atoms with Gasteiger partial charge in [-0.25, -0.2) is 0 Å². The van der Waals surface area contributed by atoms with Crippen molar-refractivity contribution in [1.29, 1.82) is 0 Å². The van der Waals surface area contributed by atoms with Crippen LogP contribution in [-0.2, 0) is 11.3 Å². The molecule has 1 aromatic rings.